The van der Waals surface area contributed by atoms with Crippen LogP contribution in [0.1, 0.15) is 28.4 Å². The highest BCUT2D eigenvalue weighted by Crippen LogP contribution is 2.30. The van der Waals surface area contributed by atoms with Gasteiger partial charge in [-0.15, -0.1) is 0 Å². The minimum Gasteiger partial charge on any atom is -0.497 e. The number of nitrogens with one attached hydrogen (secondary N) is 1. The molecule has 1 aliphatic heterocycles. The van der Waals surface area contributed by atoms with Crippen LogP contribution in [0.5, 0.6) is 17.2 Å². The highest BCUT2D eigenvalue weighted by atomic mass is 19.1. The smallest absolute Gasteiger partial charge is 0.263 e. The molecule has 0 fully saturated rings. The number of amides is 2. The molecule has 0 aromatic heterocycles. The molecule has 0 radical (unpaired) electrons. The number of ether oxygens (including phenoxy) is 3. The molecule has 3 aromatic carbocycles. The molecule has 0 saturated heterocycles. The Morgan fingerprint density at radius 3 is 2.47 bits per heavy atom. The van der Waals surface area contributed by atoms with Crippen LogP contribution in [0.15, 0.2) is 60.7 Å². The summed E-state index contributed by atoms with van der Waals surface area (Å²) in [6, 6.07) is 16.4. The Kier molecular flexibility index (Phi) is 6.67. The van der Waals surface area contributed by atoms with Crippen molar-refractivity contribution in [3.63, 3.8) is 0 Å². The van der Waals surface area contributed by atoms with Crippen molar-refractivity contribution in [3.8, 4) is 17.2 Å². The second-order valence-electron chi connectivity index (χ2n) is 7.92. The van der Waals surface area contributed by atoms with Crippen LogP contribution in [-0.2, 0) is 17.9 Å². The van der Waals surface area contributed by atoms with Crippen LogP contribution in [0.2, 0.25) is 0 Å². The van der Waals surface area contributed by atoms with Crippen LogP contribution >= 0.6 is 0 Å². The summed E-state index contributed by atoms with van der Waals surface area (Å²) in [7, 11) is 3.02. The van der Waals surface area contributed by atoms with Gasteiger partial charge in [-0.05, 0) is 43.3 Å². The van der Waals surface area contributed by atoms with E-state index in [0.29, 0.717) is 39.6 Å². The number of halogens is 1. The molecule has 3 aromatic rings. The molecule has 1 N–H and O–H groups in total. The van der Waals surface area contributed by atoms with Gasteiger partial charge < -0.3 is 24.4 Å². The largest absolute Gasteiger partial charge is 0.497 e. The third kappa shape index (κ3) is 4.96. The lowest BCUT2D eigenvalue weighted by Gasteiger charge is -2.22. The summed E-state index contributed by atoms with van der Waals surface area (Å²) >= 11 is 0. The Labute approximate surface area is 197 Å². The fourth-order valence-electron chi connectivity index (χ4n) is 3.79. The average Bonchev–Trinajstić information content (AvgIpc) is 2.96. The number of benzene rings is 3. The number of carbonyl (C=O) groups is 2. The number of hydrogen-bond donors (Lipinski definition) is 1. The first-order valence-electron chi connectivity index (χ1n) is 10.7. The van der Waals surface area contributed by atoms with Gasteiger partial charge in [0.25, 0.3) is 11.8 Å². The Morgan fingerprint density at radius 2 is 1.79 bits per heavy atom. The lowest BCUT2D eigenvalue weighted by Crippen LogP contribution is -2.37. The minimum absolute atomic E-state index is 0.110. The van der Waals surface area contributed by atoms with Crippen molar-refractivity contribution in [3.05, 3.63) is 83.2 Å². The van der Waals surface area contributed by atoms with Crippen LogP contribution in [0, 0.1) is 5.82 Å². The molecule has 0 bridgehead atoms. The van der Waals surface area contributed by atoms with Gasteiger partial charge in [0.2, 0.25) is 0 Å². The Bertz CT molecular complexity index is 1210. The fourth-order valence-corrected chi connectivity index (χ4v) is 3.79. The zero-order chi connectivity index (χ0) is 24.2. The van der Waals surface area contributed by atoms with E-state index in [9.17, 15) is 14.0 Å². The minimum atomic E-state index is -0.724. The molecule has 1 atom stereocenters. The molecule has 0 saturated carbocycles. The van der Waals surface area contributed by atoms with Crippen LogP contribution in [-0.4, -0.2) is 37.0 Å². The molecule has 8 heteroatoms. The quantitative estimate of drug-likeness (QED) is 0.585. The van der Waals surface area contributed by atoms with E-state index in [0.717, 1.165) is 0 Å². The van der Waals surface area contributed by atoms with Gasteiger partial charge in [0.1, 0.15) is 23.1 Å². The third-order valence-corrected chi connectivity index (χ3v) is 5.58. The van der Waals surface area contributed by atoms with Crippen LogP contribution in [0.25, 0.3) is 0 Å². The zero-order valence-electron chi connectivity index (χ0n) is 19.1. The second kappa shape index (κ2) is 9.82. The van der Waals surface area contributed by atoms with Crippen molar-refractivity contribution in [2.24, 2.45) is 0 Å². The van der Waals surface area contributed by atoms with Gasteiger partial charge >= 0.3 is 0 Å². The van der Waals surface area contributed by atoms with Gasteiger partial charge in [-0.2, -0.15) is 0 Å². The highest BCUT2D eigenvalue weighted by Gasteiger charge is 2.28. The molecule has 176 valence electrons. The molecule has 1 heterocycles. The lowest BCUT2D eigenvalue weighted by atomic mass is 10.1. The number of anilines is 1. The summed E-state index contributed by atoms with van der Waals surface area (Å²) in [5.41, 5.74) is 2.02. The number of methoxy groups -OCH3 is 2. The molecule has 2 amide bonds. The molecule has 34 heavy (non-hydrogen) atoms. The van der Waals surface area contributed by atoms with Crippen molar-refractivity contribution in [2.75, 3.05) is 19.5 Å². The van der Waals surface area contributed by atoms with Crippen molar-refractivity contribution in [2.45, 2.75) is 26.1 Å². The van der Waals surface area contributed by atoms with Gasteiger partial charge in [-0.25, -0.2) is 4.39 Å². The van der Waals surface area contributed by atoms with Gasteiger partial charge in [-0.3, -0.25) is 9.59 Å². The first kappa shape index (κ1) is 23.1. The number of fused-ring (bicyclic) bond motifs is 1. The SMILES string of the molecule is COc1cc(OC)cc(C(=O)Nc2ccc3c(c2)CN(Cc2ccccc2F)C(=O)C(C)O3)c1. The average molecular weight is 464 g/mol. The summed E-state index contributed by atoms with van der Waals surface area (Å²) in [5, 5.41) is 2.86. The summed E-state index contributed by atoms with van der Waals surface area (Å²) in [4.78, 5) is 27.3. The number of rotatable bonds is 6. The molecule has 0 aliphatic carbocycles. The standard InChI is InChI=1S/C26H25FN2O5/c1-16-26(31)29(14-17-6-4-5-7-23(17)27)15-19-10-20(8-9-24(19)34-16)28-25(30)18-11-21(32-2)13-22(12-18)33-3/h4-13,16H,14-15H2,1-3H3,(H,28,30). The van der Waals surface area contributed by atoms with Crippen LogP contribution in [0.4, 0.5) is 10.1 Å². The Balaban J connectivity index is 1.58. The van der Waals surface area contributed by atoms with E-state index in [1.807, 2.05) is 0 Å². The van der Waals surface area contributed by atoms with Crippen LogP contribution < -0.4 is 19.5 Å². The molecule has 1 aliphatic rings. The normalized spacial score (nSPS) is 15.1. The van der Waals surface area contributed by atoms with E-state index in [1.165, 1.54) is 20.3 Å². The number of nitrogens with zero attached hydrogens (tertiary/aromatic N) is 1. The van der Waals surface area contributed by atoms with E-state index in [2.05, 4.69) is 5.32 Å². The zero-order valence-corrected chi connectivity index (χ0v) is 19.1. The Morgan fingerprint density at radius 1 is 1.09 bits per heavy atom. The van der Waals surface area contributed by atoms with Crippen LogP contribution in [0.3, 0.4) is 0 Å². The summed E-state index contributed by atoms with van der Waals surface area (Å²) < 4.78 is 30.5. The third-order valence-electron chi connectivity index (χ3n) is 5.58. The second-order valence-corrected chi connectivity index (χ2v) is 7.92. The first-order valence-corrected chi connectivity index (χ1v) is 10.7. The van der Waals surface area contributed by atoms with E-state index in [1.54, 1.807) is 66.4 Å². The number of carbonyl (C=O) groups excluding carboxylic acids is 2. The van der Waals surface area contributed by atoms with Gasteiger partial charge in [-0.1, -0.05) is 18.2 Å². The van der Waals surface area contributed by atoms with E-state index < -0.39 is 6.10 Å². The maximum Gasteiger partial charge on any atom is 0.263 e. The maximum absolute atomic E-state index is 14.2. The maximum atomic E-state index is 14.2. The Hall–Kier alpha value is -4.07. The first-order chi connectivity index (χ1) is 16.4. The summed E-state index contributed by atoms with van der Waals surface area (Å²) in [5.74, 6) is 0.570. The monoisotopic (exact) mass is 464 g/mol. The highest BCUT2D eigenvalue weighted by molar-refractivity contribution is 6.05. The van der Waals surface area contributed by atoms with E-state index in [-0.39, 0.29) is 30.7 Å². The summed E-state index contributed by atoms with van der Waals surface area (Å²) in [6.45, 7) is 1.99. The molecular formula is C26H25FN2O5. The van der Waals surface area contributed by atoms with Crippen molar-refractivity contribution in [1.82, 2.24) is 4.90 Å². The lowest BCUT2D eigenvalue weighted by molar-refractivity contribution is -0.138. The molecule has 7 nitrogen and oxygen atoms in total. The van der Waals surface area contributed by atoms with Gasteiger partial charge in [0.05, 0.1) is 14.2 Å². The molecule has 1 unspecified atom stereocenters. The fraction of sp³-hybridized carbons (Fsp3) is 0.231. The molecular weight excluding hydrogens is 439 g/mol. The predicted octanol–water partition coefficient (Wildman–Crippen LogP) is 4.40. The molecule has 0 spiro atoms. The predicted molar refractivity (Wildman–Crippen MR) is 125 cm³/mol. The van der Waals surface area contributed by atoms with Gasteiger partial charge in [0, 0.05) is 41.5 Å². The van der Waals surface area contributed by atoms with Crippen molar-refractivity contribution in [1.29, 1.82) is 0 Å². The topological polar surface area (TPSA) is 77.1 Å². The number of hydrogen-bond acceptors (Lipinski definition) is 5. The van der Waals surface area contributed by atoms with Gasteiger partial charge in [0.15, 0.2) is 6.10 Å². The molecule has 4 rings (SSSR count). The van der Waals surface area contributed by atoms with Crippen molar-refractivity contribution < 1.29 is 28.2 Å². The van der Waals surface area contributed by atoms with E-state index in [4.69, 9.17) is 14.2 Å². The van der Waals surface area contributed by atoms with E-state index >= 15 is 0 Å². The van der Waals surface area contributed by atoms with Crippen molar-refractivity contribution >= 4 is 17.5 Å². The summed E-state index contributed by atoms with van der Waals surface area (Å²) in [6.07, 6.45) is -0.724.